The third kappa shape index (κ3) is 2.25. The number of nitrogens with one attached hydrogen (secondary N) is 1. The second kappa shape index (κ2) is 4.85. The number of hydrogen-bond acceptors (Lipinski definition) is 3. The van der Waals surface area contributed by atoms with Crippen LogP contribution in [-0.2, 0) is 0 Å². The van der Waals surface area contributed by atoms with Crippen molar-refractivity contribution in [3.8, 4) is 0 Å². The van der Waals surface area contributed by atoms with E-state index in [-0.39, 0.29) is 6.03 Å². The molecule has 0 aliphatic rings. The Morgan fingerprint density at radius 1 is 1.44 bits per heavy atom. The molecule has 0 aliphatic heterocycles. The molecule has 4 nitrogen and oxygen atoms in total. The van der Waals surface area contributed by atoms with E-state index in [2.05, 4.69) is 10.3 Å². The average molecular weight is 233 g/mol. The van der Waals surface area contributed by atoms with Gasteiger partial charge in [-0.05, 0) is 18.4 Å². The summed E-state index contributed by atoms with van der Waals surface area (Å²) in [4.78, 5) is 16.6. The molecule has 0 saturated carbocycles. The van der Waals surface area contributed by atoms with Gasteiger partial charge in [-0.2, -0.15) is 0 Å². The Kier molecular flexibility index (Phi) is 3.26. The topological polar surface area (TPSA) is 46.9 Å². The molecule has 0 saturated heterocycles. The predicted octanol–water partition coefficient (Wildman–Crippen LogP) is 2.69. The van der Waals surface area contributed by atoms with E-state index in [1.54, 1.807) is 24.2 Å². The fourth-order valence-electron chi connectivity index (χ4n) is 1.31. The number of carbonyl (C=O) groups excluding carboxylic acids is 1. The number of anilines is 1. The SMILES string of the molecule is CSc1ccccc1NC(=O)n1ccnc1. The highest BCUT2D eigenvalue weighted by Gasteiger charge is 2.06. The predicted molar refractivity (Wildman–Crippen MR) is 64.9 cm³/mol. The molecule has 1 aromatic carbocycles. The van der Waals surface area contributed by atoms with Gasteiger partial charge < -0.3 is 5.32 Å². The van der Waals surface area contributed by atoms with Crippen LogP contribution < -0.4 is 5.32 Å². The lowest BCUT2D eigenvalue weighted by molar-refractivity contribution is 0.253. The summed E-state index contributed by atoms with van der Waals surface area (Å²) >= 11 is 1.60. The van der Waals surface area contributed by atoms with Crippen molar-refractivity contribution in [3.63, 3.8) is 0 Å². The van der Waals surface area contributed by atoms with Gasteiger partial charge in [0.2, 0.25) is 0 Å². The first-order valence-electron chi connectivity index (χ1n) is 4.73. The minimum Gasteiger partial charge on any atom is -0.306 e. The van der Waals surface area contributed by atoms with Crippen LogP contribution in [-0.4, -0.2) is 21.8 Å². The first-order chi connectivity index (χ1) is 7.81. The van der Waals surface area contributed by atoms with Gasteiger partial charge in [0.1, 0.15) is 6.33 Å². The van der Waals surface area contributed by atoms with Gasteiger partial charge in [0.15, 0.2) is 0 Å². The maximum Gasteiger partial charge on any atom is 0.331 e. The van der Waals surface area contributed by atoms with Crippen LogP contribution in [0, 0.1) is 0 Å². The van der Waals surface area contributed by atoms with Crippen molar-refractivity contribution in [1.29, 1.82) is 0 Å². The summed E-state index contributed by atoms with van der Waals surface area (Å²) in [5, 5.41) is 2.83. The molecule has 1 N–H and O–H groups in total. The Morgan fingerprint density at radius 3 is 2.94 bits per heavy atom. The lowest BCUT2D eigenvalue weighted by atomic mass is 10.3. The molecule has 82 valence electrons. The minimum atomic E-state index is -0.209. The fourth-order valence-corrected chi connectivity index (χ4v) is 1.86. The van der Waals surface area contributed by atoms with Crippen molar-refractivity contribution in [2.24, 2.45) is 0 Å². The molecule has 1 heterocycles. The van der Waals surface area contributed by atoms with E-state index < -0.39 is 0 Å². The molecule has 2 aromatic rings. The number of aromatic nitrogens is 2. The highest BCUT2D eigenvalue weighted by molar-refractivity contribution is 7.98. The van der Waals surface area contributed by atoms with Crippen molar-refractivity contribution in [2.75, 3.05) is 11.6 Å². The third-order valence-electron chi connectivity index (χ3n) is 2.09. The number of para-hydroxylation sites is 1. The van der Waals surface area contributed by atoms with Gasteiger partial charge in [-0.3, -0.25) is 4.57 Å². The van der Waals surface area contributed by atoms with Crippen LogP contribution in [0.5, 0.6) is 0 Å². The molecule has 1 aromatic heterocycles. The van der Waals surface area contributed by atoms with Crippen molar-refractivity contribution in [2.45, 2.75) is 4.90 Å². The van der Waals surface area contributed by atoms with E-state index in [0.717, 1.165) is 10.6 Å². The number of nitrogens with zero attached hydrogens (tertiary/aromatic N) is 2. The van der Waals surface area contributed by atoms with Crippen LogP contribution in [0.4, 0.5) is 10.5 Å². The quantitative estimate of drug-likeness (QED) is 0.811. The Bertz CT molecular complexity index is 482. The number of thioether (sulfide) groups is 1. The molecule has 0 bridgehead atoms. The molecule has 0 unspecified atom stereocenters. The summed E-state index contributed by atoms with van der Waals surface area (Å²) < 4.78 is 1.40. The highest BCUT2D eigenvalue weighted by Crippen LogP contribution is 2.24. The van der Waals surface area contributed by atoms with E-state index in [1.807, 2.05) is 30.5 Å². The smallest absolute Gasteiger partial charge is 0.306 e. The first-order valence-corrected chi connectivity index (χ1v) is 5.96. The number of hydrogen-bond donors (Lipinski definition) is 1. The maximum absolute atomic E-state index is 11.7. The van der Waals surface area contributed by atoms with Crippen molar-refractivity contribution >= 4 is 23.5 Å². The van der Waals surface area contributed by atoms with E-state index in [1.165, 1.54) is 10.9 Å². The molecule has 1 amide bonds. The number of rotatable bonds is 2. The molecular weight excluding hydrogens is 222 g/mol. The van der Waals surface area contributed by atoms with Gasteiger partial charge in [0.05, 0.1) is 5.69 Å². The Hall–Kier alpha value is -1.75. The minimum absolute atomic E-state index is 0.209. The Balaban J connectivity index is 2.18. The van der Waals surface area contributed by atoms with Gasteiger partial charge in [0, 0.05) is 17.3 Å². The molecular formula is C11H11N3OS. The summed E-state index contributed by atoms with van der Waals surface area (Å²) in [5.74, 6) is 0. The Labute approximate surface area is 97.7 Å². The normalized spacial score (nSPS) is 10.1. The van der Waals surface area contributed by atoms with Gasteiger partial charge in [-0.25, -0.2) is 9.78 Å². The Morgan fingerprint density at radius 2 is 2.25 bits per heavy atom. The van der Waals surface area contributed by atoms with E-state index in [0.29, 0.717) is 0 Å². The summed E-state index contributed by atoms with van der Waals surface area (Å²) in [5.41, 5.74) is 0.814. The zero-order chi connectivity index (χ0) is 11.4. The van der Waals surface area contributed by atoms with Gasteiger partial charge in [-0.1, -0.05) is 12.1 Å². The first kappa shape index (κ1) is 10.8. The monoisotopic (exact) mass is 233 g/mol. The van der Waals surface area contributed by atoms with Crippen LogP contribution in [0.1, 0.15) is 0 Å². The van der Waals surface area contributed by atoms with E-state index in [4.69, 9.17) is 0 Å². The number of amides is 1. The summed E-state index contributed by atoms with van der Waals surface area (Å²) in [6.07, 6.45) is 6.62. The molecule has 0 radical (unpaired) electrons. The van der Waals surface area contributed by atoms with Crippen LogP contribution >= 0.6 is 11.8 Å². The van der Waals surface area contributed by atoms with Gasteiger partial charge >= 0.3 is 6.03 Å². The second-order valence-corrected chi connectivity index (χ2v) is 3.95. The summed E-state index contributed by atoms with van der Waals surface area (Å²) in [6, 6.07) is 7.47. The standard InChI is InChI=1S/C11H11N3OS/c1-16-10-5-3-2-4-9(10)13-11(15)14-7-6-12-8-14/h2-8H,1H3,(H,13,15). The molecule has 0 spiro atoms. The zero-order valence-corrected chi connectivity index (χ0v) is 9.57. The highest BCUT2D eigenvalue weighted by atomic mass is 32.2. The van der Waals surface area contributed by atoms with E-state index >= 15 is 0 Å². The average Bonchev–Trinajstić information content (AvgIpc) is 2.83. The molecule has 0 atom stereocenters. The lowest BCUT2D eigenvalue weighted by Gasteiger charge is -2.08. The summed E-state index contributed by atoms with van der Waals surface area (Å²) in [7, 11) is 0. The molecule has 5 heteroatoms. The van der Waals surface area contributed by atoms with Crippen LogP contribution in [0.15, 0.2) is 47.9 Å². The maximum atomic E-state index is 11.7. The number of benzene rings is 1. The largest absolute Gasteiger partial charge is 0.331 e. The number of imidazole rings is 1. The third-order valence-corrected chi connectivity index (χ3v) is 2.88. The molecule has 0 aliphatic carbocycles. The van der Waals surface area contributed by atoms with Crippen LogP contribution in [0.25, 0.3) is 0 Å². The number of carbonyl (C=O) groups is 1. The van der Waals surface area contributed by atoms with Crippen molar-refractivity contribution in [1.82, 2.24) is 9.55 Å². The van der Waals surface area contributed by atoms with Gasteiger partial charge in [-0.15, -0.1) is 11.8 Å². The van der Waals surface area contributed by atoms with Crippen LogP contribution in [0.3, 0.4) is 0 Å². The van der Waals surface area contributed by atoms with E-state index in [9.17, 15) is 4.79 Å². The van der Waals surface area contributed by atoms with Crippen molar-refractivity contribution < 1.29 is 4.79 Å². The van der Waals surface area contributed by atoms with Crippen molar-refractivity contribution in [3.05, 3.63) is 43.0 Å². The molecule has 16 heavy (non-hydrogen) atoms. The zero-order valence-electron chi connectivity index (χ0n) is 8.75. The van der Waals surface area contributed by atoms with Crippen LogP contribution in [0.2, 0.25) is 0 Å². The molecule has 0 fully saturated rings. The lowest BCUT2D eigenvalue weighted by Crippen LogP contribution is -2.18. The van der Waals surface area contributed by atoms with Gasteiger partial charge in [0.25, 0.3) is 0 Å². The second-order valence-electron chi connectivity index (χ2n) is 3.10. The fraction of sp³-hybridized carbons (Fsp3) is 0.0909. The summed E-state index contributed by atoms with van der Waals surface area (Å²) in [6.45, 7) is 0. The molecule has 2 rings (SSSR count).